The van der Waals surface area contributed by atoms with Gasteiger partial charge < -0.3 is 19.5 Å². The highest BCUT2D eigenvalue weighted by Gasteiger charge is 2.44. The van der Waals surface area contributed by atoms with E-state index in [0.717, 1.165) is 62.9 Å². The van der Waals surface area contributed by atoms with Gasteiger partial charge in [0.25, 0.3) is 0 Å². The van der Waals surface area contributed by atoms with Crippen LogP contribution in [0, 0.1) is 0 Å². The van der Waals surface area contributed by atoms with Crippen molar-refractivity contribution in [2.45, 2.75) is 56.4 Å². The predicted octanol–water partition coefficient (Wildman–Crippen LogP) is 3.35. The average Bonchev–Trinajstić information content (AvgIpc) is 3.40. The zero-order valence-electron chi connectivity index (χ0n) is 16.9. The highest BCUT2D eigenvalue weighted by Crippen LogP contribution is 2.38. The van der Waals surface area contributed by atoms with E-state index in [9.17, 15) is 18.0 Å². The van der Waals surface area contributed by atoms with Gasteiger partial charge in [0.05, 0.1) is 18.4 Å². The monoisotopic (exact) mass is 442 g/mol. The zero-order valence-corrected chi connectivity index (χ0v) is 16.9. The van der Waals surface area contributed by atoms with Crippen LogP contribution in [0.4, 0.5) is 13.2 Å². The van der Waals surface area contributed by atoms with Crippen LogP contribution >= 0.6 is 0 Å². The van der Waals surface area contributed by atoms with E-state index < -0.39 is 12.1 Å². The Kier molecular flexibility index (Phi) is 7.19. The number of aliphatic carboxylic acids is 1. The molecule has 0 saturated carbocycles. The molecule has 1 N–H and O–H groups in total. The van der Waals surface area contributed by atoms with Gasteiger partial charge in [-0.15, -0.1) is 0 Å². The smallest absolute Gasteiger partial charge is 0.486 e. The van der Waals surface area contributed by atoms with E-state index in [1.165, 1.54) is 0 Å². The van der Waals surface area contributed by atoms with Gasteiger partial charge in [-0.1, -0.05) is 6.08 Å². The number of rotatable bonds is 3. The van der Waals surface area contributed by atoms with Crippen LogP contribution in [-0.4, -0.2) is 64.4 Å². The molecule has 2 saturated heterocycles. The fourth-order valence-electron chi connectivity index (χ4n) is 4.02. The van der Waals surface area contributed by atoms with E-state index in [4.69, 9.17) is 19.4 Å². The van der Waals surface area contributed by atoms with Gasteiger partial charge in [-0.25, -0.2) is 4.79 Å². The molecule has 1 atom stereocenters. The van der Waals surface area contributed by atoms with Crippen molar-refractivity contribution in [1.29, 1.82) is 0 Å². The summed E-state index contributed by atoms with van der Waals surface area (Å²) in [6, 6.07) is 3.80. The fraction of sp³-hybridized carbons (Fsp3) is 0.571. The molecule has 0 aromatic carbocycles. The Bertz CT molecular complexity index is 805. The number of ether oxygens (including phenoxy) is 2. The summed E-state index contributed by atoms with van der Waals surface area (Å²) in [6.45, 7) is 2.19. The number of allylic oxidation sites excluding steroid dienone is 1. The van der Waals surface area contributed by atoms with Crippen LogP contribution in [0.15, 0.2) is 36.2 Å². The summed E-state index contributed by atoms with van der Waals surface area (Å²) < 4.78 is 43.8. The maximum absolute atomic E-state index is 12.5. The highest BCUT2D eigenvalue weighted by atomic mass is 19.4. The van der Waals surface area contributed by atoms with Crippen molar-refractivity contribution >= 4 is 11.9 Å². The van der Waals surface area contributed by atoms with Crippen LogP contribution in [0.5, 0.6) is 5.75 Å². The van der Waals surface area contributed by atoms with E-state index in [1.54, 1.807) is 12.4 Å². The van der Waals surface area contributed by atoms with Gasteiger partial charge in [-0.2, -0.15) is 13.2 Å². The van der Waals surface area contributed by atoms with E-state index in [-0.39, 0.29) is 17.6 Å². The van der Waals surface area contributed by atoms with Crippen LogP contribution in [-0.2, 0) is 14.3 Å². The van der Waals surface area contributed by atoms with Gasteiger partial charge >= 0.3 is 12.1 Å². The lowest BCUT2D eigenvalue weighted by Crippen LogP contribution is -2.47. The molecule has 2 aliphatic heterocycles. The molecular formula is C21H25F3N2O5. The second-order valence-corrected chi connectivity index (χ2v) is 7.84. The number of halogens is 3. The molecule has 4 rings (SSSR count). The Morgan fingerprint density at radius 2 is 2.00 bits per heavy atom. The Labute approximate surface area is 177 Å². The number of alkyl halides is 3. The van der Waals surface area contributed by atoms with Gasteiger partial charge in [-0.3, -0.25) is 9.78 Å². The minimum absolute atomic E-state index is 0.0778. The molecule has 10 heteroatoms. The van der Waals surface area contributed by atoms with Crippen LogP contribution in [0.3, 0.4) is 0 Å². The standard InChI is InChI=1S/C19H24N2O3.C2HF3O2/c22-18(15-4-1-2-5-15)21-10-7-19(8-11-21)12-17(14-23-19)24-16-6-3-9-20-13-16;3-2(4,5)1(6)7/h3-4,6,9,13,17H,1-2,5,7-8,10-12,14H2;(H,6,7). The van der Waals surface area contributed by atoms with Gasteiger partial charge in [0, 0.05) is 31.3 Å². The summed E-state index contributed by atoms with van der Waals surface area (Å²) in [6.07, 6.45) is 6.39. The predicted molar refractivity (Wildman–Crippen MR) is 103 cm³/mol. The minimum Gasteiger partial charge on any atom is -0.486 e. The highest BCUT2D eigenvalue weighted by molar-refractivity contribution is 5.93. The number of carboxylic acids is 1. The van der Waals surface area contributed by atoms with E-state index >= 15 is 0 Å². The summed E-state index contributed by atoms with van der Waals surface area (Å²) >= 11 is 0. The number of hydrogen-bond acceptors (Lipinski definition) is 5. The van der Waals surface area contributed by atoms with E-state index in [1.807, 2.05) is 17.0 Å². The molecule has 0 radical (unpaired) electrons. The number of carbonyl (C=O) groups is 2. The number of aromatic nitrogens is 1. The summed E-state index contributed by atoms with van der Waals surface area (Å²) in [4.78, 5) is 27.5. The molecular weight excluding hydrogens is 417 g/mol. The van der Waals surface area contributed by atoms with Crippen molar-refractivity contribution in [3.05, 3.63) is 36.2 Å². The molecule has 1 aliphatic carbocycles. The molecule has 3 aliphatic rings. The molecule has 31 heavy (non-hydrogen) atoms. The van der Waals surface area contributed by atoms with Gasteiger partial charge in [0.15, 0.2) is 0 Å². The lowest BCUT2D eigenvalue weighted by Gasteiger charge is -2.38. The summed E-state index contributed by atoms with van der Waals surface area (Å²) in [5, 5.41) is 7.12. The zero-order chi connectivity index (χ0) is 22.5. The number of nitrogens with zero attached hydrogens (tertiary/aromatic N) is 2. The molecule has 7 nitrogen and oxygen atoms in total. The van der Waals surface area contributed by atoms with E-state index in [0.29, 0.717) is 6.61 Å². The largest absolute Gasteiger partial charge is 0.490 e. The van der Waals surface area contributed by atoms with Crippen molar-refractivity contribution < 1.29 is 37.3 Å². The number of hydrogen-bond donors (Lipinski definition) is 1. The number of pyridine rings is 1. The maximum atomic E-state index is 12.5. The van der Waals surface area contributed by atoms with Crippen LogP contribution < -0.4 is 4.74 Å². The number of carboxylic acid groups (broad SMARTS) is 1. The lowest BCUT2D eigenvalue weighted by atomic mass is 9.87. The Balaban J connectivity index is 0.000000339. The van der Waals surface area contributed by atoms with Crippen LogP contribution in [0.1, 0.15) is 38.5 Å². The first-order chi connectivity index (χ1) is 14.7. The summed E-state index contributed by atoms with van der Waals surface area (Å²) in [5.74, 6) is -1.72. The molecule has 170 valence electrons. The van der Waals surface area contributed by atoms with Crippen molar-refractivity contribution in [1.82, 2.24) is 9.88 Å². The Morgan fingerprint density at radius 1 is 1.29 bits per heavy atom. The third-order valence-corrected chi connectivity index (χ3v) is 5.63. The quantitative estimate of drug-likeness (QED) is 0.772. The third kappa shape index (κ3) is 6.19. The second kappa shape index (κ2) is 9.67. The number of piperidine rings is 1. The lowest BCUT2D eigenvalue weighted by molar-refractivity contribution is -0.192. The Hall–Kier alpha value is -2.62. The first kappa shape index (κ1) is 23.1. The maximum Gasteiger partial charge on any atom is 0.490 e. The normalized spacial score (nSPS) is 22.5. The first-order valence-electron chi connectivity index (χ1n) is 10.2. The van der Waals surface area contributed by atoms with Gasteiger partial charge in [-0.05, 0) is 44.2 Å². The Morgan fingerprint density at radius 3 is 2.55 bits per heavy atom. The fourth-order valence-corrected chi connectivity index (χ4v) is 4.02. The van der Waals surface area contributed by atoms with E-state index in [2.05, 4.69) is 11.1 Å². The van der Waals surface area contributed by atoms with Crippen molar-refractivity contribution in [3.8, 4) is 5.75 Å². The molecule has 1 aromatic heterocycles. The molecule has 0 bridgehead atoms. The first-order valence-corrected chi connectivity index (χ1v) is 10.2. The molecule has 1 spiro atoms. The molecule has 3 heterocycles. The topological polar surface area (TPSA) is 89.0 Å². The average molecular weight is 442 g/mol. The van der Waals surface area contributed by atoms with Gasteiger partial charge in [0.2, 0.25) is 5.91 Å². The van der Waals surface area contributed by atoms with Crippen molar-refractivity contribution in [2.75, 3.05) is 19.7 Å². The molecule has 1 aromatic rings. The number of carbonyl (C=O) groups excluding carboxylic acids is 1. The second-order valence-electron chi connectivity index (χ2n) is 7.84. The third-order valence-electron chi connectivity index (χ3n) is 5.63. The minimum atomic E-state index is -5.08. The van der Waals surface area contributed by atoms with Crippen molar-refractivity contribution in [2.24, 2.45) is 0 Å². The van der Waals surface area contributed by atoms with Crippen molar-refractivity contribution in [3.63, 3.8) is 0 Å². The SMILES string of the molecule is O=C(C1=CCCC1)N1CCC2(CC1)CC(Oc1cccnc1)CO2.O=C(O)C(F)(F)F. The summed E-state index contributed by atoms with van der Waals surface area (Å²) in [7, 11) is 0. The van der Waals surface area contributed by atoms with Crippen LogP contribution in [0.2, 0.25) is 0 Å². The molecule has 1 unspecified atom stereocenters. The van der Waals surface area contributed by atoms with Gasteiger partial charge in [0.1, 0.15) is 11.9 Å². The number of likely N-dealkylation sites (tertiary alicyclic amines) is 1. The summed E-state index contributed by atoms with van der Waals surface area (Å²) in [5.41, 5.74) is 0.893. The van der Waals surface area contributed by atoms with Crippen LogP contribution in [0.25, 0.3) is 0 Å². The molecule has 2 fully saturated rings. The number of amides is 1. The molecule has 1 amide bonds.